The normalized spacial score (nSPS) is 27.9. The summed E-state index contributed by atoms with van der Waals surface area (Å²) in [6, 6.07) is 0. The van der Waals surface area contributed by atoms with Crippen LogP contribution in [0.25, 0.3) is 0 Å². The zero-order valence-electron chi connectivity index (χ0n) is 8.65. The first-order valence-corrected chi connectivity index (χ1v) is 7.42. The minimum Gasteiger partial charge on any atom is -0.396 e. The summed E-state index contributed by atoms with van der Waals surface area (Å²) in [7, 11) is -3.32. The topological polar surface area (TPSA) is 66.4 Å². The van der Waals surface area contributed by atoms with Crippen molar-refractivity contribution < 1.29 is 13.5 Å². The molecule has 0 heterocycles. The predicted octanol–water partition coefficient (Wildman–Crippen LogP) is 0.901. The summed E-state index contributed by atoms with van der Waals surface area (Å²) >= 11 is 5.28. The highest BCUT2D eigenvalue weighted by Gasteiger charge is 2.25. The van der Waals surface area contributed by atoms with E-state index in [1.807, 2.05) is 0 Å². The first-order chi connectivity index (χ1) is 7.09. The molecule has 0 radical (unpaired) electrons. The highest BCUT2D eigenvalue weighted by atomic mass is 35.5. The number of aliphatic hydroxyl groups excluding tert-OH is 1. The fourth-order valence-corrected chi connectivity index (χ4v) is 2.84. The molecule has 2 unspecified atom stereocenters. The molecule has 0 aromatic rings. The summed E-state index contributed by atoms with van der Waals surface area (Å²) in [6.45, 7) is 0.549. The van der Waals surface area contributed by atoms with E-state index in [1.165, 1.54) is 0 Å². The Morgan fingerprint density at radius 2 is 1.87 bits per heavy atom. The third-order valence-corrected chi connectivity index (χ3v) is 4.77. The van der Waals surface area contributed by atoms with Crippen LogP contribution >= 0.6 is 11.6 Å². The molecular weight excluding hydrogens is 238 g/mol. The van der Waals surface area contributed by atoms with Crippen LogP contribution in [0, 0.1) is 11.8 Å². The number of halogens is 1. The molecule has 1 aliphatic carbocycles. The standard InChI is InChI=1S/C9H18ClNO3S/c10-7-15(13,14)11-5-8-3-1-2-4-9(8)6-12/h8-9,11-12H,1-7H2. The molecule has 0 saturated heterocycles. The van der Waals surface area contributed by atoms with E-state index in [4.69, 9.17) is 16.7 Å². The third kappa shape index (κ3) is 4.26. The zero-order valence-corrected chi connectivity index (χ0v) is 10.2. The van der Waals surface area contributed by atoms with Gasteiger partial charge in [-0.15, -0.1) is 11.6 Å². The van der Waals surface area contributed by atoms with E-state index in [9.17, 15) is 8.42 Å². The van der Waals surface area contributed by atoms with Crippen LogP contribution in [0.5, 0.6) is 0 Å². The Hall–Kier alpha value is 0.160. The van der Waals surface area contributed by atoms with Crippen molar-refractivity contribution in [2.24, 2.45) is 11.8 Å². The Morgan fingerprint density at radius 1 is 1.27 bits per heavy atom. The molecular formula is C9H18ClNO3S. The molecule has 1 fully saturated rings. The summed E-state index contributed by atoms with van der Waals surface area (Å²) < 4.78 is 24.7. The lowest BCUT2D eigenvalue weighted by atomic mass is 9.80. The van der Waals surface area contributed by atoms with E-state index in [-0.39, 0.29) is 18.4 Å². The van der Waals surface area contributed by atoms with Crippen LogP contribution in [0.4, 0.5) is 0 Å². The average Bonchev–Trinajstić information content (AvgIpc) is 2.27. The maximum atomic E-state index is 11.1. The monoisotopic (exact) mass is 255 g/mol. The van der Waals surface area contributed by atoms with E-state index >= 15 is 0 Å². The second-order valence-corrected chi connectivity index (χ2v) is 6.45. The van der Waals surface area contributed by atoms with Gasteiger partial charge in [-0.1, -0.05) is 12.8 Å². The Kier molecular flexibility index (Phi) is 5.32. The van der Waals surface area contributed by atoms with Gasteiger partial charge in [-0.25, -0.2) is 13.1 Å². The second-order valence-electron chi connectivity index (χ2n) is 4.06. The number of hydrogen-bond acceptors (Lipinski definition) is 3. The average molecular weight is 256 g/mol. The maximum absolute atomic E-state index is 11.1. The van der Waals surface area contributed by atoms with Gasteiger partial charge in [-0.05, 0) is 24.7 Å². The fourth-order valence-electron chi connectivity index (χ4n) is 2.07. The Morgan fingerprint density at radius 3 is 2.40 bits per heavy atom. The van der Waals surface area contributed by atoms with Crippen LogP contribution in [-0.2, 0) is 10.0 Å². The zero-order chi connectivity index (χ0) is 11.3. The number of alkyl halides is 1. The molecule has 2 atom stereocenters. The van der Waals surface area contributed by atoms with E-state index in [0.29, 0.717) is 6.54 Å². The van der Waals surface area contributed by atoms with Crippen molar-refractivity contribution in [1.82, 2.24) is 4.72 Å². The molecule has 4 nitrogen and oxygen atoms in total. The largest absolute Gasteiger partial charge is 0.396 e. The van der Waals surface area contributed by atoms with Crippen molar-refractivity contribution in [3.8, 4) is 0 Å². The van der Waals surface area contributed by atoms with Crippen LogP contribution in [0.2, 0.25) is 0 Å². The molecule has 1 aliphatic rings. The van der Waals surface area contributed by atoms with Crippen molar-refractivity contribution in [3.63, 3.8) is 0 Å². The summed E-state index contributed by atoms with van der Waals surface area (Å²) in [5.74, 6) is 0.485. The molecule has 0 amide bonds. The number of rotatable bonds is 5. The number of nitrogens with one attached hydrogen (secondary N) is 1. The van der Waals surface area contributed by atoms with E-state index < -0.39 is 15.2 Å². The van der Waals surface area contributed by atoms with Gasteiger partial charge in [-0.3, -0.25) is 0 Å². The van der Waals surface area contributed by atoms with Gasteiger partial charge in [0, 0.05) is 13.2 Å². The van der Waals surface area contributed by atoms with Crippen LogP contribution < -0.4 is 4.72 Å². The minimum atomic E-state index is -3.32. The number of hydrogen-bond donors (Lipinski definition) is 2. The molecule has 1 rings (SSSR count). The van der Waals surface area contributed by atoms with Crippen LogP contribution in [0.15, 0.2) is 0 Å². The molecule has 0 aromatic heterocycles. The van der Waals surface area contributed by atoms with E-state index in [2.05, 4.69) is 4.72 Å². The Balaban J connectivity index is 2.42. The van der Waals surface area contributed by atoms with Gasteiger partial charge < -0.3 is 5.11 Å². The van der Waals surface area contributed by atoms with Gasteiger partial charge >= 0.3 is 0 Å². The smallest absolute Gasteiger partial charge is 0.225 e. The first kappa shape index (κ1) is 13.2. The van der Waals surface area contributed by atoms with Crippen LogP contribution in [-0.4, -0.2) is 31.9 Å². The molecule has 0 bridgehead atoms. The lowest BCUT2D eigenvalue weighted by Crippen LogP contribution is -2.35. The first-order valence-electron chi connectivity index (χ1n) is 5.23. The SMILES string of the molecule is O=S(=O)(CCl)NCC1CCCCC1CO. The van der Waals surface area contributed by atoms with Crippen molar-refractivity contribution >= 4 is 21.6 Å². The quantitative estimate of drug-likeness (QED) is 0.718. The minimum absolute atomic E-state index is 0.146. The Bertz CT molecular complexity index is 281. The summed E-state index contributed by atoms with van der Waals surface area (Å²) in [4.78, 5) is 0. The van der Waals surface area contributed by atoms with Crippen molar-refractivity contribution in [2.45, 2.75) is 25.7 Å². The highest BCUT2D eigenvalue weighted by molar-refractivity contribution is 7.90. The number of aliphatic hydroxyl groups is 1. The molecule has 0 aromatic carbocycles. The molecule has 15 heavy (non-hydrogen) atoms. The molecule has 90 valence electrons. The summed E-state index contributed by atoms with van der Waals surface area (Å²) in [6.07, 6.45) is 4.22. The van der Waals surface area contributed by atoms with Gasteiger partial charge in [0.05, 0.1) is 0 Å². The third-order valence-electron chi connectivity index (χ3n) is 3.01. The van der Waals surface area contributed by atoms with Gasteiger partial charge in [0.15, 0.2) is 0 Å². The molecule has 1 saturated carbocycles. The van der Waals surface area contributed by atoms with E-state index in [0.717, 1.165) is 25.7 Å². The lowest BCUT2D eigenvalue weighted by Gasteiger charge is -2.30. The molecule has 2 N–H and O–H groups in total. The fraction of sp³-hybridized carbons (Fsp3) is 1.00. The number of sulfonamides is 1. The second kappa shape index (κ2) is 6.03. The van der Waals surface area contributed by atoms with Crippen molar-refractivity contribution in [2.75, 3.05) is 18.4 Å². The van der Waals surface area contributed by atoms with Crippen molar-refractivity contribution in [1.29, 1.82) is 0 Å². The summed E-state index contributed by atoms with van der Waals surface area (Å²) in [5.41, 5.74) is 0. The molecule has 0 aliphatic heterocycles. The summed E-state index contributed by atoms with van der Waals surface area (Å²) in [5, 5.41) is 8.75. The Labute approximate surface area is 96.1 Å². The maximum Gasteiger partial charge on any atom is 0.225 e. The highest BCUT2D eigenvalue weighted by Crippen LogP contribution is 2.29. The van der Waals surface area contributed by atoms with E-state index in [1.54, 1.807) is 0 Å². The lowest BCUT2D eigenvalue weighted by molar-refractivity contribution is 0.136. The molecule has 6 heteroatoms. The van der Waals surface area contributed by atoms with Crippen molar-refractivity contribution in [3.05, 3.63) is 0 Å². The predicted molar refractivity (Wildman–Crippen MR) is 60.2 cm³/mol. The van der Waals surface area contributed by atoms with Gasteiger partial charge in [0.1, 0.15) is 5.21 Å². The van der Waals surface area contributed by atoms with Gasteiger partial charge in [-0.2, -0.15) is 0 Å². The molecule has 0 spiro atoms. The van der Waals surface area contributed by atoms with Gasteiger partial charge in [0.2, 0.25) is 10.0 Å². The van der Waals surface area contributed by atoms with Crippen LogP contribution in [0.3, 0.4) is 0 Å². The van der Waals surface area contributed by atoms with Gasteiger partial charge in [0.25, 0.3) is 0 Å². The van der Waals surface area contributed by atoms with Crippen LogP contribution in [0.1, 0.15) is 25.7 Å².